The van der Waals surface area contributed by atoms with Crippen LogP contribution in [0.15, 0.2) is 78.4 Å². The van der Waals surface area contributed by atoms with Gasteiger partial charge in [-0.3, -0.25) is 4.79 Å². The number of carbonyl (C=O) groups is 1. The molecular formula is C20H16N6OS. The van der Waals surface area contributed by atoms with Gasteiger partial charge in [0.15, 0.2) is 11.6 Å². The molecule has 138 valence electrons. The summed E-state index contributed by atoms with van der Waals surface area (Å²) in [4.78, 5) is 13.0. The maximum Gasteiger partial charge on any atom is 0.248 e. The summed E-state index contributed by atoms with van der Waals surface area (Å²) in [7, 11) is 0. The molecule has 0 unspecified atom stereocenters. The molecular weight excluding hydrogens is 372 g/mol. The first-order chi connectivity index (χ1) is 13.8. The smallest absolute Gasteiger partial charge is 0.248 e. The molecule has 0 spiro atoms. The highest BCUT2D eigenvalue weighted by atomic mass is 32.1. The Morgan fingerprint density at radius 3 is 2.54 bits per heavy atom. The molecule has 0 bridgehead atoms. The van der Waals surface area contributed by atoms with Gasteiger partial charge in [-0.25, -0.2) is 4.68 Å². The van der Waals surface area contributed by atoms with Gasteiger partial charge in [-0.1, -0.05) is 6.07 Å². The van der Waals surface area contributed by atoms with Gasteiger partial charge in [-0.2, -0.15) is 5.10 Å². The molecule has 0 aliphatic heterocycles. The number of hydrogen-bond acceptors (Lipinski definition) is 6. The molecule has 0 aliphatic carbocycles. The fraction of sp³-hybridized carbons (Fsp3) is 0. The molecule has 4 aromatic rings. The Labute approximate surface area is 165 Å². The van der Waals surface area contributed by atoms with E-state index in [1.54, 1.807) is 34.5 Å². The number of amides is 1. The van der Waals surface area contributed by atoms with Crippen LogP contribution in [0.2, 0.25) is 0 Å². The Morgan fingerprint density at radius 1 is 1.00 bits per heavy atom. The van der Waals surface area contributed by atoms with Crippen LogP contribution in [0.25, 0.3) is 11.9 Å². The second-order valence-electron chi connectivity index (χ2n) is 5.77. The predicted octanol–water partition coefficient (Wildman–Crippen LogP) is 4.12. The van der Waals surface area contributed by atoms with Crippen molar-refractivity contribution in [2.75, 3.05) is 10.6 Å². The van der Waals surface area contributed by atoms with Crippen LogP contribution < -0.4 is 10.6 Å². The van der Waals surface area contributed by atoms with Gasteiger partial charge in [0, 0.05) is 34.7 Å². The lowest BCUT2D eigenvalue weighted by Gasteiger charge is -2.07. The summed E-state index contributed by atoms with van der Waals surface area (Å²) in [6, 6.07) is 16.8. The van der Waals surface area contributed by atoms with Crippen LogP contribution >= 0.6 is 11.3 Å². The largest absolute Gasteiger partial charge is 0.339 e. The topological polar surface area (TPSA) is 84.7 Å². The van der Waals surface area contributed by atoms with Crippen LogP contribution in [0.4, 0.5) is 17.2 Å². The summed E-state index contributed by atoms with van der Waals surface area (Å²) < 4.78 is 1.64. The van der Waals surface area contributed by atoms with E-state index in [-0.39, 0.29) is 5.91 Å². The van der Waals surface area contributed by atoms with Gasteiger partial charge >= 0.3 is 0 Å². The minimum Gasteiger partial charge on any atom is -0.339 e. The Bertz CT molecular complexity index is 1060. The molecule has 0 saturated heterocycles. The maximum absolute atomic E-state index is 12.0. The van der Waals surface area contributed by atoms with Gasteiger partial charge in [0.2, 0.25) is 5.91 Å². The van der Waals surface area contributed by atoms with E-state index >= 15 is 0 Å². The zero-order valence-electron chi connectivity index (χ0n) is 14.7. The Hall–Kier alpha value is -3.78. The lowest BCUT2D eigenvalue weighted by molar-refractivity contribution is -0.111. The van der Waals surface area contributed by atoms with E-state index in [1.807, 2.05) is 60.0 Å². The SMILES string of the molecule is O=C(/C=C/c1cccs1)Nc1ccc(Nc2ccc(-n3cccn3)nn2)cc1. The Balaban J connectivity index is 1.34. The average Bonchev–Trinajstić information content (AvgIpc) is 3.43. The molecule has 1 aromatic carbocycles. The van der Waals surface area contributed by atoms with Crippen LogP contribution in [-0.2, 0) is 4.79 Å². The Morgan fingerprint density at radius 2 is 1.86 bits per heavy atom. The van der Waals surface area contributed by atoms with E-state index in [1.165, 1.54) is 6.08 Å². The standard InChI is InChI=1S/C20H16N6OS/c27-20(11-8-17-3-1-14-28-17)23-16-6-4-15(5-7-16)22-18-9-10-19(25-24-18)26-13-2-12-21-26/h1-14H,(H,22,24)(H,23,27)/b11-8+. The number of anilines is 3. The monoisotopic (exact) mass is 388 g/mol. The number of thiophene rings is 1. The molecule has 0 atom stereocenters. The molecule has 3 aromatic heterocycles. The third-order valence-electron chi connectivity index (χ3n) is 3.76. The average molecular weight is 388 g/mol. The van der Waals surface area contributed by atoms with E-state index in [9.17, 15) is 4.79 Å². The highest BCUT2D eigenvalue weighted by Crippen LogP contribution is 2.18. The first-order valence-electron chi connectivity index (χ1n) is 8.50. The van der Waals surface area contributed by atoms with Crippen LogP contribution in [0, 0.1) is 0 Å². The normalized spacial score (nSPS) is 10.9. The molecule has 2 N–H and O–H groups in total. The third-order valence-corrected chi connectivity index (χ3v) is 4.59. The van der Waals surface area contributed by atoms with Crippen LogP contribution in [-0.4, -0.2) is 25.9 Å². The van der Waals surface area contributed by atoms with Gasteiger partial charge in [-0.05, 0) is 60.0 Å². The summed E-state index contributed by atoms with van der Waals surface area (Å²) >= 11 is 1.58. The molecule has 0 aliphatic rings. The molecule has 4 rings (SSSR count). The minimum atomic E-state index is -0.172. The van der Waals surface area contributed by atoms with Crippen molar-refractivity contribution in [1.82, 2.24) is 20.0 Å². The highest BCUT2D eigenvalue weighted by molar-refractivity contribution is 7.10. The molecule has 8 heteroatoms. The van der Waals surface area contributed by atoms with Crippen molar-refractivity contribution in [2.45, 2.75) is 0 Å². The van der Waals surface area contributed by atoms with Crippen molar-refractivity contribution in [3.8, 4) is 5.82 Å². The number of benzene rings is 1. The minimum absolute atomic E-state index is 0.172. The van der Waals surface area contributed by atoms with Crippen molar-refractivity contribution >= 4 is 40.5 Å². The quantitative estimate of drug-likeness (QED) is 0.486. The zero-order chi connectivity index (χ0) is 19.2. The number of aromatic nitrogens is 4. The molecule has 0 saturated carbocycles. The number of nitrogens with one attached hydrogen (secondary N) is 2. The van der Waals surface area contributed by atoms with Gasteiger partial charge in [-0.15, -0.1) is 21.5 Å². The van der Waals surface area contributed by atoms with Gasteiger partial charge in [0.1, 0.15) is 0 Å². The molecule has 0 radical (unpaired) electrons. The lowest BCUT2D eigenvalue weighted by Crippen LogP contribution is -2.07. The summed E-state index contributed by atoms with van der Waals surface area (Å²) in [5.74, 6) is 1.09. The summed E-state index contributed by atoms with van der Waals surface area (Å²) in [6.45, 7) is 0. The van der Waals surface area contributed by atoms with Gasteiger partial charge < -0.3 is 10.6 Å². The van der Waals surface area contributed by atoms with Crippen molar-refractivity contribution in [3.05, 3.63) is 83.3 Å². The van der Waals surface area contributed by atoms with Crippen molar-refractivity contribution in [2.24, 2.45) is 0 Å². The predicted molar refractivity (Wildman–Crippen MR) is 111 cm³/mol. The summed E-state index contributed by atoms with van der Waals surface area (Å²) in [5.41, 5.74) is 1.56. The lowest BCUT2D eigenvalue weighted by atomic mass is 10.2. The van der Waals surface area contributed by atoms with E-state index in [2.05, 4.69) is 25.9 Å². The molecule has 28 heavy (non-hydrogen) atoms. The second-order valence-corrected chi connectivity index (χ2v) is 6.75. The third kappa shape index (κ3) is 4.49. The van der Waals surface area contributed by atoms with Crippen LogP contribution in [0.1, 0.15) is 4.88 Å². The molecule has 7 nitrogen and oxygen atoms in total. The summed E-state index contributed by atoms with van der Waals surface area (Å²) in [5, 5.41) is 20.4. The van der Waals surface area contributed by atoms with Crippen molar-refractivity contribution in [3.63, 3.8) is 0 Å². The fourth-order valence-electron chi connectivity index (χ4n) is 2.43. The van der Waals surface area contributed by atoms with E-state index in [4.69, 9.17) is 0 Å². The first-order valence-corrected chi connectivity index (χ1v) is 9.38. The highest BCUT2D eigenvalue weighted by Gasteiger charge is 2.02. The number of nitrogens with zero attached hydrogens (tertiary/aromatic N) is 4. The number of hydrogen-bond donors (Lipinski definition) is 2. The van der Waals surface area contributed by atoms with Crippen LogP contribution in [0.5, 0.6) is 0 Å². The van der Waals surface area contributed by atoms with Crippen molar-refractivity contribution in [1.29, 1.82) is 0 Å². The van der Waals surface area contributed by atoms with Crippen molar-refractivity contribution < 1.29 is 4.79 Å². The van der Waals surface area contributed by atoms with E-state index in [0.717, 1.165) is 10.6 Å². The fourth-order valence-corrected chi connectivity index (χ4v) is 3.05. The number of carbonyl (C=O) groups excluding carboxylic acids is 1. The summed E-state index contributed by atoms with van der Waals surface area (Å²) in [6.07, 6.45) is 6.81. The zero-order valence-corrected chi connectivity index (χ0v) is 15.5. The molecule has 1 amide bonds. The molecule has 0 fully saturated rings. The van der Waals surface area contributed by atoms with Gasteiger partial charge in [0.05, 0.1) is 0 Å². The van der Waals surface area contributed by atoms with Gasteiger partial charge in [0.25, 0.3) is 0 Å². The number of rotatable bonds is 6. The van der Waals surface area contributed by atoms with E-state index in [0.29, 0.717) is 17.3 Å². The molecule has 3 heterocycles. The maximum atomic E-state index is 12.0. The first kappa shape index (κ1) is 17.6. The Kier molecular flexibility index (Phi) is 5.21. The second kappa shape index (κ2) is 8.28. The van der Waals surface area contributed by atoms with Crippen LogP contribution in [0.3, 0.4) is 0 Å². The van der Waals surface area contributed by atoms with E-state index < -0.39 is 0 Å².